The zero-order chi connectivity index (χ0) is 15.1. The van der Waals surface area contributed by atoms with Crippen molar-refractivity contribution in [2.24, 2.45) is 0 Å². The van der Waals surface area contributed by atoms with Crippen molar-refractivity contribution in [2.75, 3.05) is 0 Å². The van der Waals surface area contributed by atoms with Gasteiger partial charge in [-0.1, -0.05) is 0 Å². The fourth-order valence-electron chi connectivity index (χ4n) is 2.09. The van der Waals surface area contributed by atoms with Crippen LogP contribution in [0.3, 0.4) is 0 Å². The molecule has 3 aromatic rings. The molecule has 0 bridgehead atoms. The van der Waals surface area contributed by atoms with E-state index in [-0.39, 0.29) is 5.75 Å². The number of phenols is 1. The van der Waals surface area contributed by atoms with E-state index in [2.05, 4.69) is 10.2 Å². The molecule has 0 unspecified atom stereocenters. The minimum atomic E-state index is -0.541. The molecular weight excluding hydrogens is 290 g/mol. The van der Waals surface area contributed by atoms with Gasteiger partial charge in [0.2, 0.25) is 0 Å². The van der Waals surface area contributed by atoms with Crippen LogP contribution in [-0.4, -0.2) is 25.3 Å². The molecule has 0 aliphatic heterocycles. The number of hydrogen-bond donors (Lipinski definition) is 1. The van der Waals surface area contributed by atoms with Crippen LogP contribution in [0.15, 0.2) is 30.3 Å². The zero-order valence-electron chi connectivity index (χ0n) is 11.5. The number of aryl methyl sites for hydroxylation is 2. The Kier molecular flexibility index (Phi) is 3.14. The Morgan fingerprint density at radius 1 is 1.10 bits per heavy atom. The molecule has 0 aliphatic rings. The van der Waals surface area contributed by atoms with Gasteiger partial charge in [0, 0.05) is 5.56 Å². The van der Waals surface area contributed by atoms with Gasteiger partial charge in [-0.2, -0.15) is 0 Å². The Bertz CT molecular complexity index is 871. The highest BCUT2D eigenvalue weighted by molar-refractivity contribution is 6.67. The van der Waals surface area contributed by atoms with Crippen LogP contribution in [-0.2, 0) is 0 Å². The van der Waals surface area contributed by atoms with Crippen LogP contribution in [0.2, 0.25) is 0 Å². The molecule has 1 aromatic heterocycles. The Morgan fingerprint density at radius 3 is 2.48 bits per heavy atom. The van der Waals surface area contributed by atoms with Crippen molar-refractivity contribution in [3.05, 3.63) is 47.0 Å². The maximum absolute atomic E-state index is 11.2. The van der Waals surface area contributed by atoms with Gasteiger partial charge in [0.1, 0.15) is 22.5 Å². The monoisotopic (exact) mass is 301 g/mol. The molecule has 0 saturated heterocycles. The summed E-state index contributed by atoms with van der Waals surface area (Å²) in [5.74, 6) is 0.104. The van der Waals surface area contributed by atoms with Gasteiger partial charge in [0.25, 0.3) is 5.24 Å². The van der Waals surface area contributed by atoms with Crippen LogP contribution < -0.4 is 0 Å². The standard InChI is InChI=1S/C15H12ClN3O2/c1-8-5-13(14(20)6-9(8)2)19-17-11-4-3-10(15(16)21)7-12(11)18-19/h3-7,20H,1-2H3. The van der Waals surface area contributed by atoms with Gasteiger partial charge >= 0.3 is 0 Å². The lowest BCUT2D eigenvalue weighted by molar-refractivity contribution is 0.108. The second-order valence-corrected chi connectivity index (χ2v) is 5.24. The summed E-state index contributed by atoms with van der Waals surface area (Å²) in [5, 5.41) is 18.1. The Morgan fingerprint density at radius 2 is 1.76 bits per heavy atom. The van der Waals surface area contributed by atoms with Gasteiger partial charge in [-0.05, 0) is 66.9 Å². The van der Waals surface area contributed by atoms with Gasteiger partial charge in [0.15, 0.2) is 0 Å². The first-order valence-corrected chi connectivity index (χ1v) is 6.71. The molecule has 6 heteroatoms. The third kappa shape index (κ3) is 2.36. The molecule has 3 rings (SSSR count). The first-order chi connectivity index (χ1) is 9.95. The van der Waals surface area contributed by atoms with E-state index in [4.69, 9.17) is 11.6 Å². The lowest BCUT2D eigenvalue weighted by Crippen LogP contribution is -2.00. The Balaban J connectivity index is 2.17. The molecule has 2 aromatic carbocycles. The van der Waals surface area contributed by atoms with Crippen LogP contribution in [0.4, 0.5) is 0 Å². The fourth-order valence-corrected chi connectivity index (χ4v) is 2.21. The summed E-state index contributed by atoms with van der Waals surface area (Å²) < 4.78 is 0. The number of hydrogen-bond acceptors (Lipinski definition) is 4. The lowest BCUT2D eigenvalue weighted by Gasteiger charge is -2.06. The number of carbonyl (C=O) groups excluding carboxylic acids is 1. The molecule has 1 N–H and O–H groups in total. The quantitative estimate of drug-likeness (QED) is 0.738. The molecule has 0 fully saturated rings. The summed E-state index contributed by atoms with van der Waals surface area (Å²) in [6, 6.07) is 8.33. The molecule has 1 heterocycles. The van der Waals surface area contributed by atoms with E-state index in [1.54, 1.807) is 24.3 Å². The van der Waals surface area contributed by atoms with Crippen LogP contribution in [0.5, 0.6) is 5.75 Å². The third-order valence-corrected chi connectivity index (χ3v) is 3.63. The van der Waals surface area contributed by atoms with Crippen molar-refractivity contribution in [2.45, 2.75) is 13.8 Å². The number of benzene rings is 2. The number of halogens is 1. The Hall–Kier alpha value is -2.40. The van der Waals surface area contributed by atoms with Gasteiger partial charge in [-0.15, -0.1) is 15.0 Å². The number of nitrogens with zero attached hydrogens (tertiary/aromatic N) is 3. The lowest BCUT2D eigenvalue weighted by atomic mass is 10.1. The maximum atomic E-state index is 11.2. The second-order valence-electron chi connectivity index (χ2n) is 4.89. The van der Waals surface area contributed by atoms with E-state index < -0.39 is 5.24 Å². The predicted octanol–water partition coefficient (Wildman–Crippen LogP) is 3.12. The Labute approximate surface area is 125 Å². The SMILES string of the molecule is Cc1cc(O)c(-n2nc3ccc(C(=O)Cl)cc3n2)cc1C. The fraction of sp³-hybridized carbons (Fsp3) is 0.133. The van der Waals surface area contributed by atoms with Crippen LogP contribution in [0, 0.1) is 13.8 Å². The first-order valence-electron chi connectivity index (χ1n) is 6.33. The van der Waals surface area contributed by atoms with E-state index in [1.165, 1.54) is 4.80 Å². The van der Waals surface area contributed by atoms with Crippen LogP contribution in [0.25, 0.3) is 16.7 Å². The van der Waals surface area contributed by atoms with Gasteiger partial charge in [0.05, 0.1) is 0 Å². The highest BCUT2D eigenvalue weighted by atomic mass is 35.5. The van der Waals surface area contributed by atoms with E-state index in [9.17, 15) is 9.90 Å². The zero-order valence-corrected chi connectivity index (χ0v) is 12.2. The summed E-state index contributed by atoms with van der Waals surface area (Å²) >= 11 is 5.46. The topological polar surface area (TPSA) is 68.0 Å². The first kappa shape index (κ1) is 13.6. The minimum Gasteiger partial charge on any atom is -0.506 e. The molecule has 0 radical (unpaired) electrons. The van der Waals surface area contributed by atoms with Gasteiger partial charge in [-0.25, -0.2) is 0 Å². The van der Waals surface area contributed by atoms with Crippen molar-refractivity contribution in [1.29, 1.82) is 0 Å². The molecule has 21 heavy (non-hydrogen) atoms. The maximum Gasteiger partial charge on any atom is 0.252 e. The summed E-state index contributed by atoms with van der Waals surface area (Å²) in [6.45, 7) is 3.87. The number of fused-ring (bicyclic) bond motifs is 1. The normalized spacial score (nSPS) is 11.0. The highest BCUT2D eigenvalue weighted by Crippen LogP contribution is 2.25. The number of aromatic hydroxyl groups is 1. The average Bonchev–Trinajstić information content (AvgIpc) is 2.85. The summed E-state index contributed by atoms with van der Waals surface area (Å²) in [6.07, 6.45) is 0. The van der Waals surface area contributed by atoms with Crippen LogP contribution >= 0.6 is 11.6 Å². The van der Waals surface area contributed by atoms with Crippen molar-refractivity contribution in [3.63, 3.8) is 0 Å². The highest BCUT2D eigenvalue weighted by Gasteiger charge is 2.12. The van der Waals surface area contributed by atoms with E-state index in [0.29, 0.717) is 22.3 Å². The van der Waals surface area contributed by atoms with Gasteiger partial charge in [-0.3, -0.25) is 4.79 Å². The molecule has 0 aliphatic carbocycles. The van der Waals surface area contributed by atoms with E-state index >= 15 is 0 Å². The van der Waals surface area contributed by atoms with Gasteiger partial charge < -0.3 is 5.11 Å². The smallest absolute Gasteiger partial charge is 0.252 e. The molecule has 106 valence electrons. The molecule has 0 saturated carbocycles. The third-order valence-electron chi connectivity index (χ3n) is 3.41. The largest absolute Gasteiger partial charge is 0.506 e. The van der Waals surface area contributed by atoms with Crippen molar-refractivity contribution in [3.8, 4) is 11.4 Å². The minimum absolute atomic E-state index is 0.104. The van der Waals surface area contributed by atoms with Crippen LogP contribution in [0.1, 0.15) is 21.5 Å². The summed E-state index contributed by atoms with van der Waals surface area (Å²) in [4.78, 5) is 12.5. The average molecular weight is 302 g/mol. The summed E-state index contributed by atoms with van der Waals surface area (Å²) in [5.41, 5.74) is 4.03. The molecule has 0 atom stereocenters. The molecule has 5 nitrogen and oxygen atoms in total. The number of aromatic nitrogens is 3. The molecule has 0 spiro atoms. The number of carbonyl (C=O) groups is 1. The van der Waals surface area contributed by atoms with Crippen molar-refractivity contribution < 1.29 is 9.90 Å². The molecule has 0 amide bonds. The van der Waals surface area contributed by atoms with E-state index in [1.807, 2.05) is 19.9 Å². The number of phenolic OH excluding ortho intramolecular Hbond substituents is 1. The van der Waals surface area contributed by atoms with Crippen molar-refractivity contribution >= 4 is 27.9 Å². The number of rotatable bonds is 2. The summed E-state index contributed by atoms with van der Waals surface area (Å²) in [7, 11) is 0. The predicted molar refractivity (Wildman–Crippen MR) is 80.2 cm³/mol. The van der Waals surface area contributed by atoms with E-state index in [0.717, 1.165) is 11.1 Å². The van der Waals surface area contributed by atoms with Crippen molar-refractivity contribution in [1.82, 2.24) is 15.0 Å². The second kappa shape index (κ2) is 4.86. The molecular formula is C15H12ClN3O2.